The summed E-state index contributed by atoms with van der Waals surface area (Å²) in [5, 5.41) is 10.6. The van der Waals surface area contributed by atoms with Crippen LogP contribution in [0.1, 0.15) is 50.0 Å². The molecule has 0 radical (unpaired) electrons. The van der Waals surface area contributed by atoms with Gasteiger partial charge in [-0.1, -0.05) is 55.0 Å². The van der Waals surface area contributed by atoms with E-state index in [0.717, 1.165) is 25.7 Å². The Balaban J connectivity index is 2.30. The van der Waals surface area contributed by atoms with Gasteiger partial charge in [0.25, 0.3) is 0 Å². The molecule has 0 spiro atoms. The van der Waals surface area contributed by atoms with Gasteiger partial charge in [0.1, 0.15) is 0 Å². The number of carboxylic acids is 1. The van der Waals surface area contributed by atoms with Crippen molar-refractivity contribution >= 4 is 29.2 Å². The van der Waals surface area contributed by atoms with Crippen molar-refractivity contribution in [1.29, 1.82) is 0 Å². The highest BCUT2D eigenvalue weighted by atomic mass is 35.5. The first-order chi connectivity index (χ1) is 9.09. The second-order valence-electron chi connectivity index (χ2n) is 5.23. The van der Waals surface area contributed by atoms with Crippen molar-refractivity contribution in [3.8, 4) is 0 Å². The van der Waals surface area contributed by atoms with Crippen LogP contribution >= 0.6 is 23.2 Å². The summed E-state index contributed by atoms with van der Waals surface area (Å²) in [4.78, 5) is 11.7. The van der Waals surface area contributed by atoms with E-state index in [2.05, 4.69) is 0 Å². The second kappa shape index (κ2) is 6.62. The Morgan fingerprint density at radius 1 is 1.16 bits per heavy atom. The Labute approximate surface area is 123 Å². The molecule has 1 aromatic carbocycles. The van der Waals surface area contributed by atoms with Crippen LogP contribution < -0.4 is 0 Å². The minimum absolute atomic E-state index is 0.179. The molecule has 1 atom stereocenters. The van der Waals surface area contributed by atoms with Crippen LogP contribution in [0.4, 0.5) is 0 Å². The van der Waals surface area contributed by atoms with Gasteiger partial charge in [-0.2, -0.15) is 0 Å². The predicted octanol–water partition coefficient (Wildman–Crippen LogP) is 5.13. The zero-order chi connectivity index (χ0) is 13.8. The van der Waals surface area contributed by atoms with Crippen molar-refractivity contribution < 1.29 is 9.90 Å². The van der Waals surface area contributed by atoms with Crippen LogP contribution in [-0.2, 0) is 4.79 Å². The quantitative estimate of drug-likeness (QED) is 0.786. The van der Waals surface area contributed by atoms with E-state index in [0.29, 0.717) is 15.6 Å². The third-order valence-corrected chi connectivity index (χ3v) is 4.50. The smallest absolute Gasteiger partial charge is 0.311 e. The standard InChI is InChI=1S/C15H18Cl2O2/c16-11-7-8-12(13(17)9-11)14(15(18)19)10-5-3-1-2-4-6-10/h7-10,14H,1-6H2,(H,18,19). The molecule has 4 heteroatoms. The highest BCUT2D eigenvalue weighted by Crippen LogP contribution is 2.38. The number of hydrogen-bond donors (Lipinski definition) is 1. The minimum atomic E-state index is -0.781. The zero-order valence-electron chi connectivity index (χ0n) is 10.7. The molecule has 0 heterocycles. The summed E-state index contributed by atoms with van der Waals surface area (Å²) < 4.78 is 0. The highest BCUT2D eigenvalue weighted by Gasteiger charge is 2.31. The van der Waals surface area contributed by atoms with Crippen LogP contribution in [-0.4, -0.2) is 11.1 Å². The molecule has 1 aromatic rings. The summed E-state index contributed by atoms with van der Waals surface area (Å²) in [6, 6.07) is 5.11. The van der Waals surface area contributed by atoms with Crippen LogP contribution in [0.3, 0.4) is 0 Å². The molecular weight excluding hydrogens is 283 g/mol. The summed E-state index contributed by atoms with van der Waals surface area (Å²) in [5.74, 6) is -1.11. The first kappa shape index (κ1) is 14.7. The zero-order valence-corrected chi connectivity index (χ0v) is 12.3. The molecular formula is C15H18Cl2O2. The van der Waals surface area contributed by atoms with Crippen molar-refractivity contribution in [1.82, 2.24) is 0 Å². The van der Waals surface area contributed by atoms with Gasteiger partial charge in [-0.3, -0.25) is 4.79 Å². The third kappa shape index (κ3) is 3.64. The fourth-order valence-corrected chi connectivity index (χ4v) is 3.51. The van der Waals surface area contributed by atoms with E-state index >= 15 is 0 Å². The number of carbonyl (C=O) groups is 1. The molecule has 1 saturated carbocycles. The average molecular weight is 301 g/mol. The van der Waals surface area contributed by atoms with Crippen molar-refractivity contribution in [3.63, 3.8) is 0 Å². The SMILES string of the molecule is O=C(O)C(c1ccc(Cl)cc1Cl)C1CCCCCC1. The summed E-state index contributed by atoms with van der Waals surface area (Å²) >= 11 is 12.1. The van der Waals surface area contributed by atoms with Crippen LogP contribution in [0, 0.1) is 5.92 Å². The average Bonchev–Trinajstić information content (AvgIpc) is 2.61. The lowest BCUT2D eigenvalue weighted by molar-refractivity contribution is -0.140. The Morgan fingerprint density at radius 3 is 2.32 bits per heavy atom. The molecule has 1 fully saturated rings. The predicted molar refractivity (Wildman–Crippen MR) is 78.0 cm³/mol. The van der Waals surface area contributed by atoms with E-state index in [4.69, 9.17) is 23.2 Å². The van der Waals surface area contributed by atoms with E-state index in [1.807, 2.05) is 0 Å². The van der Waals surface area contributed by atoms with Crippen molar-refractivity contribution in [3.05, 3.63) is 33.8 Å². The number of benzene rings is 1. The van der Waals surface area contributed by atoms with Gasteiger partial charge >= 0.3 is 5.97 Å². The lowest BCUT2D eigenvalue weighted by Gasteiger charge is -2.23. The molecule has 19 heavy (non-hydrogen) atoms. The second-order valence-corrected chi connectivity index (χ2v) is 6.08. The number of rotatable bonds is 3. The molecule has 104 valence electrons. The Bertz CT molecular complexity index is 451. The van der Waals surface area contributed by atoms with Gasteiger partial charge in [0.05, 0.1) is 5.92 Å². The van der Waals surface area contributed by atoms with E-state index in [1.165, 1.54) is 12.8 Å². The van der Waals surface area contributed by atoms with Gasteiger partial charge < -0.3 is 5.11 Å². The van der Waals surface area contributed by atoms with Crippen LogP contribution in [0.5, 0.6) is 0 Å². The number of aliphatic carboxylic acids is 1. The first-order valence-electron chi connectivity index (χ1n) is 6.77. The van der Waals surface area contributed by atoms with Gasteiger partial charge in [0, 0.05) is 10.0 Å². The largest absolute Gasteiger partial charge is 0.481 e. The molecule has 0 aromatic heterocycles. The first-order valence-corrected chi connectivity index (χ1v) is 7.53. The van der Waals surface area contributed by atoms with E-state index in [1.54, 1.807) is 18.2 Å². The lowest BCUT2D eigenvalue weighted by Crippen LogP contribution is -2.21. The molecule has 2 nitrogen and oxygen atoms in total. The summed E-state index contributed by atoms with van der Waals surface area (Å²) in [6.45, 7) is 0. The topological polar surface area (TPSA) is 37.3 Å². The fourth-order valence-electron chi connectivity index (χ4n) is 2.99. The van der Waals surface area contributed by atoms with E-state index < -0.39 is 11.9 Å². The normalized spacial score (nSPS) is 18.8. The summed E-state index contributed by atoms with van der Waals surface area (Å²) in [7, 11) is 0. The van der Waals surface area contributed by atoms with Gasteiger partial charge in [0.2, 0.25) is 0 Å². The molecule has 0 amide bonds. The van der Waals surface area contributed by atoms with Gasteiger partial charge in [-0.05, 0) is 36.5 Å². The molecule has 0 aliphatic heterocycles. The maximum Gasteiger partial charge on any atom is 0.311 e. The molecule has 1 N–H and O–H groups in total. The van der Waals surface area contributed by atoms with Gasteiger partial charge in [-0.15, -0.1) is 0 Å². The maximum atomic E-state index is 11.7. The molecule has 0 saturated heterocycles. The van der Waals surface area contributed by atoms with Gasteiger partial charge in [-0.25, -0.2) is 0 Å². The molecule has 1 aliphatic rings. The van der Waals surface area contributed by atoms with Crippen LogP contribution in [0.25, 0.3) is 0 Å². The van der Waals surface area contributed by atoms with Crippen molar-refractivity contribution in [2.45, 2.75) is 44.4 Å². The Hall–Kier alpha value is -0.730. The summed E-state index contributed by atoms with van der Waals surface area (Å²) in [5.41, 5.74) is 0.700. The Kier molecular flexibility index (Phi) is 5.12. The fraction of sp³-hybridized carbons (Fsp3) is 0.533. The van der Waals surface area contributed by atoms with Crippen molar-refractivity contribution in [2.75, 3.05) is 0 Å². The van der Waals surface area contributed by atoms with E-state index in [9.17, 15) is 9.90 Å². The number of hydrogen-bond acceptors (Lipinski definition) is 1. The van der Waals surface area contributed by atoms with Crippen molar-refractivity contribution in [2.24, 2.45) is 5.92 Å². The number of halogens is 2. The molecule has 1 aliphatic carbocycles. The van der Waals surface area contributed by atoms with Crippen LogP contribution in [0.2, 0.25) is 10.0 Å². The monoisotopic (exact) mass is 300 g/mol. The minimum Gasteiger partial charge on any atom is -0.481 e. The molecule has 0 bridgehead atoms. The van der Waals surface area contributed by atoms with Gasteiger partial charge in [0.15, 0.2) is 0 Å². The molecule has 2 rings (SSSR count). The van der Waals surface area contributed by atoms with Crippen LogP contribution in [0.15, 0.2) is 18.2 Å². The third-order valence-electron chi connectivity index (χ3n) is 3.93. The maximum absolute atomic E-state index is 11.7. The molecule has 1 unspecified atom stereocenters. The lowest BCUT2D eigenvalue weighted by atomic mass is 9.81. The Morgan fingerprint density at radius 2 is 1.79 bits per heavy atom. The highest BCUT2D eigenvalue weighted by molar-refractivity contribution is 6.35. The van der Waals surface area contributed by atoms with E-state index in [-0.39, 0.29) is 5.92 Å². The summed E-state index contributed by atoms with van der Waals surface area (Å²) in [6.07, 6.45) is 6.57. The number of carboxylic acid groups (broad SMARTS) is 1.